The summed E-state index contributed by atoms with van der Waals surface area (Å²) < 4.78 is 5.18. The van der Waals surface area contributed by atoms with Crippen LogP contribution >= 0.6 is 0 Å². The first-order valence-electron chi connectivity index (χ1n) is 5.44. The highest BCUT2D eigenvalue weighted by atomic mass is 16.5. The van der Waals surface area contributed by atoms with Gasteiger partial charge in [0, 0.05) is 19.7 Å². The van der Waals surface area contributed by atoms with E-state index in [2.05, 4.69) is 15.3 Å². The van der Waals surface area contributed by atoms with Crippen LogP contribution in [0.25, 0.3) is 0 Å². The average Bonchev–Trinajstić information content (AvgIpc) is 2.39. The number of hydrogen-bond donors (Lipinski definition) is 1. The van der Waals surface area contributed by atoms with Crippen molar-refractivity contribution in [2.75, 3.05) is 19.5 Å². The first-order valence-corrected chi connectivity index (χ1v) is 5.44. The fourth-order valence-electron chi connectivity index (χ4n) is 1.59. The number of anilines is 1. The Kier molecular flexibility index (Phi) is 3.55. The maximum Gasteiger partial charge on any atom is 0.135 e. The highest BCUT2D eigenvalue weighted by Crippen LogP contribution is 2.15. The van der Waals surface area contributed by atoms with Crippen molar-refractivity contribution in [1.29, 1.82) is 0 Å². The Labute approximate surface area is 101 Å². The Bertz CT molecular complexity index is 454. The lowest BCUT2D eigenvalue weighted by molar-refractivity contribution is 0.414. The first kappa shape index (κ1) is 11.4. The lowest BCUT2D eigenvalue weighted by Crippen LogP contribution is -2.00. The Morgan fingerprint density at radius 1 is 1.29 bits per heavy atom. The van der Waals surface area contributed by atoms with E-state index in [0.29, 0.717) is 6.42 Å². The van der Waals surface area contributed by atoms with Crippen molar-refractivity contribution in [2.24, 2.45) is 0 Å². The number of ether oxygens (including phenoxy) is 1. The van der Waals surface area contributed by atoms with E-state index in [4.69, 9.17) is 4.74 Å². The third-order valence-electron chi connectivity index (χ3n) is 2.46. The van der Waals surface area contributed by atoms with Crippen molar-refractivity contribution in [3.63, 3.8) is 0 Å². The summed E-state index contributed by atoms with van der Waals surface area (Å²) in [5, 5.41) is 3.00. The molecule has 0 radical (unpaired) electrons. The molecular weight excluding hydrogens is 214 g/mol. The van der Waals surface area contributed by atoms with Crippen LogP contribution in [-0.2, 0) is 6.42 Å². The van der Waals surface area contributed by atoms with Crippen molar-refractivity contribution < 1.29 is 4.74 Å². The molecule has 1 aromatic heterocycles. The third kappa shape index (κ3) is 2.93. The summed E-state index contributed by atoms with van der Waals surface area (Å²) in [4.78, 5) is 8.63. The third-order valence-corrected chi connectivity index (χ3v) is 2.46. The second-order valence-electron chi connectivity index (χ2n) is 3.64. The highest BCUT2D eigenvalue weighted by molar-refractivity contribution is 5.34. The standard InChI is InChI=1S/C13H15N3O/c1-14-12-6-7-15-13(16-12)9-10-4-3-5-11(8-10)17-2/h3-8H,9H2,1-2H3,(H,14,15,16). The Hall–Kier alpha value is -2.10. The number of hydrogen-bond acceptors (Lipinski definition) is 4. The predicted molar refractivity (Wildman–Crippen MR) is 67.4 cm³/mol. The molecule has 0 aliphatic carbocycles. The van der Waals surface area contributed by atoms with Crippen LogP contribution in [0.4, 0.5) is 5.82 Å². The Morgan fingerprint density at radius 2 is 2.18 bits per heavy atom. The minimum atomic E-state index is 0.701. The average molecular weight is 229 g/mol. The van der Waals surface area contributed by atoms with Crippen molar-refractivity contribution in [3.8, 4) is 5.75 Å². The molecule has 2 rings (SSSR count). The molecule has 0 bridgehead atoms. The van der Waals surface area contributed by atoms with Gasteiger partial charge in [0.05, 0.1) is 7.11 Å². The fraction of sp³-hybridized carbons (Fsp3) is 0.231. The SMILES string of the molecule is CNc1ccnc(Cc2cccc(OC)c2)n1. The molecule has 4 nitrogen and oxygen atoms in total. The molecule has 0 amide bonds. The molecule has 4 heteroatoms. The van der Waals surface area contributed by atoms with E-state index in [1.54, 1.807) is 13.3 Å². The number of nitrogens with one attached hydrogen (secondary N) is 1. The number of methoxy groups -OCH3 is 1. The molecule has 88 valence electrons. The molecule has 1 aromatic carbocycles. The lowest BCUT2D eigenvalue weighted by Gasteiger charge is -2.05. The van der Waals surface area contributed by atoms with E-state index in [0.717, 1.165) is 23.0 Å². The molecule has 0 spiro atoms. The Morgan fingerprint density at radius 3 is 2.94 bits per heavy atom. The summed E-state index contributed by atoms with van der Waals surface area (Å²) >= 11 is 0. The van der Waals surface area contributed by atoms with Crippen LogP contribution in [0.15, 0.2) is 36.5 Å². The molecule has 0 fully saturated rings. The van der Waals surface area contributed by atoms with Crippen LogP contribution < -0.4 is 10.1 Å². The van der Waals surface area contributed by atoms with Crippen molar-refractivity contribution >= 4 is 5.82 Å². The van der Waals surface area contributed by atoms with Crippen LogP contribution in [0, 0.1) is 0 Å². The van der Waals surface area contributed by atoms with E-state index in [-0.39, 0.29) is 0 Å². The zero-order valence-corrected chi connectivity index (χ0v) is 9.97. The highest BCUT2D eigenvalue weighted by Gasteiger charge is 2.01. The summed E-state index contributed by atoms with van der Waals surface area (Å²) in [5.74, 6) is 2.48. The first-order chi connectivity index (χ1) is 8.31. The molecule has 0 unspecified atom stereocenters. The van der Waals surface area contributed by atoms with Crippen LogP contribution in [0.5, 0.6) is 5.75 Å². The normalized spacial score (nSPS) is 10.0. The van der Waals surface area contributed by atoms with Gasteiger partial charge < -0.3 is 10.1 Å². The molecule has 0 saturated heterocycles. The fourth-order valence-corrected chi connectivity index (χ4v) is 1.59. The maximum atomic E-state index is 5.18. The number of benzene rings is 1. The lowest BCUT2D eigenvalue weighted by atomic mass is 10.1. The van der Waals surface area contributed by atoms with Crippen molar-refractivity contribution in [2.45, 2.75) is 6.42 Å². The summed E-state index contributed by atoms with van der Waals surface area (Å²) in [5.41, 5.74) is 1.14. The van der Waals surface area contributed by atoms with Gasteiger partial charge in [0.1, 0.15) is 17.4 Å². The minimum absolute atomic E-state index is 0.701. The predicted octanol–water partition coefficient (Wildman–Crippen LogP) is 2.12. The van der Waals surface area contributed by atoms with Gasteiger partial charge in [-0.05, 0) is 23.8 Å². The van der Waals surface area contributed by atoms with Gasteiger partial charge >= 0.3 is 0 Å². The number of nitrogens with zero attached hydrogens (tertiary/aromatic N) is 2. The van der Waals surface area contributed by atoms with Gasteiger partial charge in [0.2, 0.25) is 0 Å². The molecule has 1 heterocycles. The van der Waals surface area contributed by atoms with Gasteiger partial charge in [-0.25, -0.2) is 9.97 Å². The molecule has 0 aliphatic heterocycles. The van der Waals surface area contributed by atoms with E-state index >= 15 is 0 Å². The molecule has 0 atom stereocenters. The topological polar surface area (TPSA) is 47.0 Å². The molecule has 1 N–H and O–H groups in total. The van der Waals surface area contributed by atoms with Crippen LogP contribution in [0.1, 0.15) is 11.4 Å². The molecular formula is C13H15N3O. The van der Waals surface area contributed by atoms with E-state index < -0.39 is 0 Å². The monoisotopic (exact) mass is 229 g/mol. The Balaban J connectivity index is 2.18. The van der Waals surface area contributed by atoms with Gasteiger partial charge in [-0.1, -0.05) is 12.1 Å². The van der Waals surface area contributed by atoms with Crippen molar-refractivity contribution in [1.82, 2.24) is 9.97 Å². The number of rotatable bonds is 4. The van der Waals surface area contributed by atoms with Gasteiger partial charge in [-0.3, -0.25) is 0 Å². The van der Waals surface area contributed by atoms with Gasteiger partial charge in [0.25, 0.3) is 0 Å². The summed E-state index contributed by atoms with van der Waals surface area (Å²) in [6.07, 6.45) is 2.46. The van der Waals surface area contributed by atoms with Crippen LogP contribution in [0.3, 0.4) is 0 Å². The van der Waals surface area contributed by atoms with E-state index in [1.165, 1.54) is 0 Å². The second-order valence-corrected chi connectivity index (χ2v) is 3.64. The van der Waals surface area contributed by atoms with Crippen LogP contribution in [0.2, 0.25) is 0 Å². The summed E-state index contributed by atoms with van der Waals surface area (Å²) in [6.45, 7) is 0. The summed E-state index contributed by atoms with van der Waals surface area (Å²) in [7, 11) is 3.51. The quantitative estimate of drug-likeness (QED) is 0.872. The van der Waals surface area contributed by atoms with Crippen molar-refractivity contribution in [3.05, 3.63) is 47.9 Å². The smallest absolute Gasteiger partial charge is 0.135 e. The van der Waals surface area contributed by atoms with E-state index in [9.17, 15) is 0 Å². The minimum Gasteiger partial charge on any atom is -0.497 e. The zero-order valence-electron chi connectivity index (χ0n) is 9.97. The maximum absolute atomic E-state index is 5.18. The molecule has 0 saturated carbocycles. The van der Waals surface area contributed by atoms with E-state index in [1.807, 2.05) is 37.4 Å². The molecule has 2 aromatic rings. The molecule has 17 heavy (non-hydrogen) atoms. The number of aromatic nitrogens is 2. The molecule has 0 aliphatic rings. The van der Waals surface area contributed by atoms with Gasteiger partial charge in [0.15, 0.2) is 0 Å². The largest absolute Gasteiger partial charge is 0.497 e. The van der Waals surface area contributed by atoms with Gasteiger partial charge in [-0.15, -0.1) is 0 Å². The second kappa shape index (κ2) is 5.30. The zero-order chi connectivity index (χ0) is 12.1. The van der Waals surface area contributed by atoms with Crippen LogP contribution in [-0.4, -0.2) is 24.1 Å². The van der Waals surface area contributed by atoms with Gasteiger partial charge in [-0.2, -0.15) is 0 Å². The summed E-state index contributed by atoms with van der Waals surface area (Å²) in [6, 6.07) is 9.77.